The van der Waals surface area contributed by atoms with Gasteiger partial charge in [-0.1, -0.05) is 29.0 Å². The maximum atomic E-state index is 12.5. The number of aromatic nitrogens is 3. The van der Waals surface area contributed by atoms with E-state index in [1.165, 1.54) is 16.9 Å². The lowest BCUT2D eigenvalue weighted by atomic mass is 10.2. The summed E-state index contributed by atoms with van der Waals surface area (Å²) in [6.07, 6.45) is 1.96. The quantitative estimate of drug-likeness (QED) is 0.320. The van der Waals surface area contributed by atoms with Gasteiger partial charge in [0.15, 0.2) is 5.13 Å². The molecule has 5 rings (SSSR count). The lowest BCUT2D eigenvalue weighted by Gasteiger charge is -2.34. The molecule has 0 saturated carbocycles. The summed E-state index contributed by atoms with van der Waals surface area (Å²) >= 11 is 1.46. The van der Waals surface area contributed by atoms with Crippen molar-refractivity contribution in [2.75, 3.05) is 56.5 Å². The Balaban J connectivity index is 1.14. The molecule has 0 spiro atoms. The minimum atomic E-state index is -0.0334. The molecule has 0 bridgehead atoms. The highest BCUT2D eigenvalue weighted by Gasteiger charge is 2.18. The summed E-state index contributed by atoms with van der Waals surface area (Å²) in [5.74, 6) is 1.56. The summed E-state index contributed by atoms with van der Waals surface area (Å²) in [5, 5.41) is 6.96. The lowest BCUT2D eigenvalue weighted by molar-refractivity contribution is -0.130. The molecule has 2 N–H and O–H groups in total. The first kappa shape index (κ1) is 27.5. The minimum Gasteiger partial charge on any atom is -0.355 e. The first-order chi connectivity index (χ1) is 19.3. The highest BCUT2D eigenvalue weighted by atomic mass is 32.1. The molecule has 40 heavy (non-hydrogen) atoms. The molecule has 208 valence electrons. The van der Waals surface area contributed by atoms with Crippen LogP contribution in [0.1, 0.15) is 18.1 Å². The van der Waals surface area contributed by atoms with E-state index in [-0.39, 0.29) is 18.2 Å². The molecule has 1 saturated heterocycles. The molecule has 4 heterocycles. The Bertz CT molecular complexity index is 1480. The number of nitrogens with one attached hydrogen (secondary N) is 2. The predicted molar refractivity (Wildman–Crippen MR) is 160 cm³/mol. The zero-order chi connectivity index (χ0) is 28.1. The molecule has 0 unspecified atom stereocenters. The van der Waals surface area contributed by atoms with Gasteiger partial charge in [0.25, 0.3) is 0 Å². The molecule has 1 aromatic carbocycles. The highest BCUT2D eigenvalue weighted by molar-refractivity contribution is 7.21. The van der Waals surface area contributed by atoms with E-state index in [9.17, 15) is 9.59 Å². The van der Waals surface area contributed by atoms with Gasteiger partial charge < -0.3 is 20.4 Å². The van der Waals surface area contributed by atoms with Crippen LogP contribution in [0, 0.1) is 6.92 Å². The molecular weight excluding hydrogens is 524 g/mol. The molecular formula is C29H34N8O2S. The van der Waals surface area contributed by atoms with Crippen LogP contribution in [0.4, 0.5) is 22.5 Å². The number of pyridine rings is 2. The number of fused-ring (bicyclic) bond motifs is 1. The van der Waals surface area contributed by atoms with Gasteiger partial charge in [0.2, 0.25) is 11.8 Å². The van der Waals surface area contributed by atoms with Crippen LogP contribution in [-0.2, 0) is 16.0 Å². The van der Waals surface area contributed by atoms with Crippen molar-refractivity contribution in [3.05, 3.63) is 65.9 Å². The normalized spacial score (nSPS) is 13.8. The summed E-state index contributed by atoms with van der Waals surface area (Å²) in [4.78, 5) is 44.9. The van der Waals surface area contributed by atoms with Gasteiger partial charge in [-0.05, 0) is 48.9 Å². The Labute approximate surface area is 238 Å². The Kier molecular flexibility index (Phi) is 8.51. The second kappa shape index (κ2) is 12.4. The van der Waals surface area contributed by atoms with Crippen LogP contribution in [0.5, 0.6) is 0 Å². The van der Waals surface area contributed by atoms with Crippen molar-refractivity contribution >= 4 is 56.0 Å². The van der Waals surface area contributed by atoms with Gasteiger partial charge in [-0.15, -0.1) is 0 Å². The largest absolute Gasteiger partial charge is 0.355 e. The SMILES string of the molecule is CC(=O)N1CCN(CCNC(=O)Cc2ccnc(Nc3nc4ccc(N(C)c5ccc(C)cc5)nc4s3)c2)CC1. The van der Waals surface area contributed by atoms with E-state index in [0.717, 1.165) is 60.1 Å². The molecule has 0 atom stereocenters. The number of rotatable bonds is 9. The first-order valence-corrected chi connectivity index (χ1v) is 14.2. The van der Waals surface area contributed by atoms with E-state index in [4.69, 9.17) is 4.98 Å². The lowest BCUT2D eigenvalue weighted by Crippen LogP contribution is -2.49. The summed E-state index contributed by atoms with van der Waals surface area (Å²) in [6.45, 7) is 8.18. The van der Waals surface area contributed by atoms with Gasteiger partial charge in [-0.25, -0.2) is 15.0 Å². The van der Waals surface area contributed by atoms with E-state index in [0.29, 0.717) is 17.5 Å². The third kappa shape index (κ3) is 6.91. The average Bonchev–Trinajstić information content (AvgIpc) is 3.35. The fraction of sp³-hybridized carbons (Fsp3) is 0.345. The maximum Gasteiger partial charge on any atom is 0.224 e. The highest BCUT2D eigenvalue weighted by Crippen LogP contribution is 2.30. The summed E-state index contributed by atoms with van der Waals surface area (Å²) in [5.41, 5.74) is 3.96. The van der Waals surface area contributed by atoms with Crippen LogP contribution in [0.2, 0.25) is 0 Å². The van der Waals surface area contributed by atoms with Crippen LogP contribution in [-0.4, -0.2) is 82.9 Å². The molecule has 10 nitrogen and oxygen atoms in total. The monoisotopic (exact) mass is 558 g/mol. The zero-order valence-corrected chi connectivity index (χ0v) is 23.9. The number of nitrogens with zero attached hydrogens (tertiary/aromatic N) is 6. The Morgan fingerprint density at radius 2 is 1.80 bits per heavy atom. The van der Waals surface area contributed by atoms with Gasteiger partial charge in [-0.3, -0.25) is 14.5 Å². The maximum absolute atomic E-state index is 12.5. The minimum absolute atomic E-state index is 0.0334. The van der Waals surface area contributed by atoms with Crippen molar-refractivity contribution < 1.29 is 9.59 Å². The van der Waals surface area contributed by atoms with Crippen LogP contribution in [0.25, 0.3) is 10.3 Å². The third-order valence-electron chi connectivity index (χ3n) is 7.00. The van der Waals surface area contributed by atoms with Crippen molar-refractivity contribution in [2.24, 2.45) is 0 Å². The molecule has 1 fully saturated rings. The van der Waals surface area contributed by atoms with Crippen LogP contribution >= 0.6 is 11.3 Å². The number of carbonyl (C=O) groups excluding carboxylic acids is 2. The number of amides is 2. The van der Waals surface area contributed by atoms with Gasteiger partial charge in [0, 0.05) is 65.1 Å². The van der Waals surface area contributed by atoms with E-state index in [1.54, 1.807) is 13.1 Å². The standard InChI is InChI=1S/C29H34N8O2S/c1-20-4-6-23(7-5-20)35(3)26-9-8-24-28(34-26)40-29(32-24)33-25-18-22(10-11-30-25)19-27(39)31-12-13-36-14-16-37(17-15-36)21(2)38/h4-11,18H,12-17,19H2,1-3H3,(H,31,39)(H,30,32,33). The Morgan fingerprint density at radius 3 is 2.55 bits per heavy atom. The summed E-state index contributed by atoms with van der Waals surface area (Å²) in [7, 11) is 2.00. The first-order valence-electron chi connectivity index (χ1n) is 13.4. The number of piperazine rings is 1. The predicted octanol–water partition coefficient (Wildman–Crippen LogP) is 3.73. The van der Waals surface area contributed by atoms with Gasteiger partial charge in [-0.2, -0.15) is 0 Å². The fourth-order valence-corrected chi connectivity index (χ4v) is 5.44. The van der Waals surface area contributed by atoms with Crippen molar-refractivity contribution in [2.45, 2.75) is 20.3 Å². The van der Waals surface area contributed by atoms with Gasteiger partial charge >= 0.3 is 0 Å². The van der Waals surface area contributed by atoms with E-state index < -0.39 is 0 Å². The second-order valence-corrected chi connectivity index (χ2v) is 10.9. The number of aryl methyl sites for hydroxylation is 1. The number of hydrogen-bond acceptors (Lipinski definition) is 9. The number of benzene rings is 1. The summed E-state index contributed by atoms with van der Waals surface area (Å²) in [6, 6.07) is 16.0. The Hall–Kier alpha value is -4.09. The molecule has 4 aromatic rings. The van der Waals surface area contributed by atoms with Crippen molar-refractivity contribution in [1.82, 2.24) is 30.1 Å². The molecule has 1 aliphatic rings. The van der Waals surface area contributed by atoms with Crippen LogP contribution in [0.15, 0.2) is 54.7 Å². The smallest absolute Gasteiger partial charge is 0.224 e. The van der Waals surface area contributed by atoms with Gasteiger partial charge in [0.1, 0.15) is 22.0 Å². The number of thiazole rings is 1. The molecule has 2 amide bonds. The third-order valence-corrected chi connectivity index (χ3v) is 7.88. The molecule has 1 aliphatic heterocycles. The van der Waals surface area contributed by atoms with Crippen LogP contribution < -0.4 is 15.5 Å². The van der Waals surface area contributed by atoms with Crippen LogP contribution in [0.3, 0.4) is 0 Å². The number of hydrogen-bond donors (Lipinski definition) is 2. The van der Waals surface area contributed by atoms with Crippen molar-refractivity contribution in [3.8, 4) is 0 Å². The topological polar surface area (TPSA) is 107 Å². The number of anilines is 4. The van der Waals surface area contributed by atoms with Crippen molar-refractivity contribution in [3.63, 3.8) is 0 Å². The van der Waals surface area contributed by atoms with E-state index in [2.05, 4.69) is 61.6 Å². The average molecular weight is 559 g/mol. The zero-order valence-electron chi connectivity index (χ0n) is 23.1. The molecule has 0 radical (unpaired) electrons. The van der Waals surface area contributed by atoms with Gasteiger partial charge in [0.05, 0.1) is 6.42 Å². The van der Waals surface area contributed by atoms with E-state index in [1.807, 2.05) is 36.2 Å². The Morgan fingerprint density at radius 1 is 1.02 bits per heavy atom. The molecule has 11 heteroatoms. The summed E-state index contributed by atoms with van der Waals surface area (Å²) < 4.78 is 0. The second-order valence-electron chi connectivity index (χ2n) is 9.96. The molecule has 0 aliphatic carbocycles. The fourth-order valence-electron chi connectivity index (χ4n) is 4.60. The number of carbonyl (C=O) groups is 2. The molecule has 3 aromatic heterocycles. The van der Waals surface area contributed by atoms with Crippen molar-refractivity contribution in [1.29, 1.82) is 0 Å². The van der Waals surface area contributed by atoms with E-state index >= 15 is 0 Å².